The predicted octanol–water partition coefficient (Wildman–Crippen LogP) is 2.35. The fourth-order valence-corrected chi connectivity index (χ4v) is 3.32. The third-order valence-electron chi connectivity index (χ3n) is 3.52. The molecule has 5 heteroatoms. The fourth-order valence-electron chi connectivity index (χ4n) is 1.97. The Balaban J connectivity index is 2.31. The Morgan fingerprint density at radius 3 is 2.05 bits per heavy atom. The first-order valence-electron chi connectivity index (χ1n) is 6.71. The van der Waals surface area contributed by atoms with Crippen molar-refractivity contribution in [1.29, 1.82) is 0 Å². The van der Waals surface area contributed by atoms with Gasteiger partial charge >= 0.3 is 0 Å². The number of sulfonamides is 1. The second-order valence-corrected chi connectivity index (χ2v) is 6.94. The molecule has 1 unspecified atom stereocenters. The molecule has 0 aliphatic heterocycles. The van der Waals surface area contributed by atoms with E-state index >= 15 is 0 Å². The molecule has 1 N–H and O–H groups in total. The third kappa shape index (κ3) is 3.32. The van der Waals surface area contributed by atoms with Crippen LogP contribution in [-0.4, -0.2) is 37.5 Å². The highest BCUT2D eigenvalue weighted by Crippen LogP contribution is 2.23. The maximum atomic E-state index is 12.4. The molecule has 0 aromatic heterocycles. The Hall–Kier alpha value is -1.69. The maximum absolute atomic E-state index is 12.4. The van der Waals surface area contributed by atoms with Crippen LogP contribution < -0.4 is 0 Å². The number of nitrogens with zero attached hydrogens (tertiary/aromatic N) is 1. The van der Waals surface area contributed by atoms with E-state index in [1.807, 2.05) is 30.3 Å². The highest BCUT2D eigenvalue weighted by molar-refractivity contribution is 7.89. The molecule has 0 heterocycles. The zero-order valence-electron chi connectivity index (χ0n) is 12.1. The lowest BCUT2D eigenvalue weighted by Gasteiger charge is -2.22. The van der Waals surface area contributed by atoms with E-state index in [4.69, 9.17) is 5.11 Å². The molecule has 0 fully saturated rings. The summed E-state index contributed by atoms with van der Waals surface area (Å²) >= 11 is 0. The molecule has 2 aromatic rings. The van der Waals surface area contributed by atoms with Gasteiger partial charge in [0.25, 0.3) is 0 Å². The third-order valence-corrected chi connectivity index (χ3v) is 5.51. The van der Waals surface area contributed by atoms with E-state index in [9.17, 15) is 8.42 Å². The smallest absolute Gasteiger partial charge is 0.243 e. The summed E-state index contributed by atoms with van der Waals surface area (Å²) in [6.45, 7) is 1.45. The van der Waals surface area contributed by atoms with Gasteiger partial charge in [0.15, 0.2) is 0 Å². The van der Waals surface area contributed by atoms with E-state index < -0.39 is 16.1 Å². The molecule has 112 valence electrons. The van der Waals surface area contributed by atoms with Crippen LogP contribution in [0.4, 0.5) is 0 Å². The number of rotatable bonds is 5. The summed E-state index contributed by atoms with van der Waals surface area (Å²) in [7, 11) is -2.10. The highest BCUT2D eigenvalue weighted by Gasteiger charge is 2.24. The van der Waals surface area contributed by atoms with Crippen molar-refractivity contribution in [3.8, 4) is 11.1 Å². The van der Waals surface area contributed by atoms with Crippen molar-refractivity contribution in [1.82, 2.24) is 4.31 Å². The predicted molar refractivity (Wildman–Crippen MR) is 83.4 cm³/mol. The molecule has 21 heavy (non-hydrogen) atoms. The maximum Gasteiger partial charge on any atom is 0.243 e. The van der Waals surface area contributed by atoms with Crippen LogP contribution in [0.1, 0.15) is 6.92 Å². The quantitative estimate of drug-likeness (QED) is 0.922. The summed E-state index contributed by atoms with van der Waals surface area (Å²) in [6.07, 6.45) is 0. The number of likely N-dealkylation sites (N-methyl/N-ethyl adjacent to an activating group) is 1. The van der Waals surface area contributed by atoms with Crippen LogP contribution in [0, 0.1) is 0 Å². The molecule has 0 aliphatic carbocycles. The van der Waals surface area contributed by atoms with Crippen molar-refractivity contribution in [2.45, 2.75) is 17.9 Å². The molecule has 0 radical (unpaired) electrons. The molecular weight excluding hydrogens is 286 g/mol. The van der Waals surface area contributed by atoms with Gasteiger partial charge in [0.1, 0.15) is 0 Å². The lowest BCUT2D eigenvalue weighted by atomic mass is 10.1. The van der Waals surface area contributed by atoms with Gasteiger partial charge in [0.05, 0.1) is 11.5 Å². The monoisotopic (exact) mass is 305 g/mol. The van der Waals surface area contributed by atoms with Crippen molar-refractivity contribution in [3.05, 3.63) is 54.6 Å². The van der Waals surface area contributed by atoms with E-state index in [-0.39, 0.29) is 11.5 Å². The van der Waals surface area contributed by atoms with Crippen molar-refractivity contribution in [2.75, 3.05) is 13.7 Å². The summed E-state index contributed by atoms with van der Waals surface area (Å²) in [5.74, 6) is 0. The van der Waals surface area contributed by atoms with Crippen LogP contribution in [0.25, 0.3) is 11.1 Å². The van der Waals surface area contributed by atoms with E-state index in [0.717, 1.165) is 11.1 Å². The van der Waals surface area contributed by atoms with E-state index in [1.165, 1.54) is 11.4 Å². The van der Waals surface area contributed by atoms with E-state index in [0.29, 0.717) is 0 Å². The standard InChI is InChI=1S/C16H19NO3S/c1-13(12-18)17(2)21(19,20)16-10-8-15(9-11-16)14-6-4-3-5-7-14/h3-11,13,18H,12H2,1-2H3. The molecule has 0 amide bonds. The minimum Gasteiger partial charge on any atom is -0.395 e. The topological polar surface area (TPSA) is 57.6 Å². The Morgan fingerprint density at radius 2 is 1.52 bits per heavy atom. The van der Waals surface area contributed by atoms with Crippen molar-refractivity contribution in [2.24, 2.45) is 0 Å². The van der Waals surface area contributed by atoms with Crippen LogP contribution in [-0.2, 0) is 10.0 Å². The first kappa shape index (κ1) is 15.7. The molecule has 2 rings (SSSR count). The average Bonchev–Trinajstić information content (AvgIpc) is 2.54. The molecule has 0 spiro atoms. The summed E-state index contributed by atoms with van der Waals surface area (Å²) in [4.78, 5) is 0.227. The first-order valence-corrected chi connectivity index (χ1v) is 8.15. The van der Waals surface area contributed by atoms with Gasteiger partial charge in [-0.25, -0.2) is 8.42 Å². The van der Waals surface area contributed by atoms with Crippen LogP contribution in [0.15, 0.2) is 59.5 Å². The molecule has 4 nitrogen and oxygen atoms in total. The van der Waals surface area contributed by atoms with E-state index in [2.05, 4.69) is 0 Å². The molecule has 1 atom stereocenters. The van der Waals surface area contributed by atoms with Crippen LogP contribution in [0.2, 0.25) is 0 Å². The van der Waals surface area contributed by atoms with Crippen molar-refractivity contribution in [3.63, 3.8) is 0 Å². The SMILES string of the molecule is CC(CO)N(C)S(=O)(=O)c1ccc(-c2ccccc2)cc1. The molecule has 0 bridgehead atoms. The molecule has 0 saturated carbocycles. The Morgan fingerprint density at radius 1 is 1.00 bits per heavy atom. The molecular formula is C16H19NO3S. The zero-order valence-corrected chi connectivity index (χ0v) is 12.9. The summed E-state index contributed by atoms with van der Waals surface area (Å²) < 4.78 is 26.0. The fraction of sp³-hybridized carbons (Fsp3) is 0.250. The average molecular weight is 305 g/mol. The van der Waals surface area contributed by atoms with Gasteiger partial charge in [-0.2, -0.15) is 4.31 Å². The van der Waals surface area contributed by atoms with Gasteiger partial charge in [0, 0.05) is 13.1 Å². The van der Waals surface area contributed by atoms with Gasteiger partial charge in [-0.15, -0.1) is 0 Å². The lowest BCUT2D eigenvalue weighted by Crippen LogP contribution is -2.37. The molecule has 2 aromatic carbocycles. The van der Waals surface area contributed by atoms with E-state index in [1.54, 1.807) is 31.2 Å². The second kappa shape index (κ2) is 6.39. The minimum absolute atomic E-state index is 0.210. The Bertz CT molecular complexity index is 681. The largest absolute Gasteiger partial charge is 0.395 e. The minimum atomic E-state index is -3.58. The van der Waals surface area contributed by atoms with Gasteiger partial charge in [-0.05, 0) is 30.2 Å². The lowest BCUT2D eigenvalue weighted by molar-refractivity contribution is 0.214. The van der Waals surface area contributed by atoms with Crippen LogP contribution >= 0.6 is 0 Å². The Labute approximate surface area is 125 Å². The molecule has 0 saturated heterocycles. The van der Waals surface area contributed by atoms with Crippen LogP contribution in [0.5, 0.6) is 0 Å². The second-order valence-electron chi connectivity index (χ2n) is 4.94. The van der Waals surface area contributed by atoms with Crippen molar-refractivity contribution >= 4 is 10.0 Å². The van der Waals surface area contributed by atoms with Gasteiger partial charge in [-0.1, -0.05) is 42.5 Å². The van der Waals surface area contributed by atoms with Gasteiger partial charge in [-0.3, -0.25) is 0 Å². The number of hydrogen-bond acceptors (Lipinski definition) is 3. The Kier molecular flexibility index (Phi) is 4.77. The number of benzene rings is 2. The summed E-state index contributed by atoms with van der Waals surface area (Å²) in [5, 5.41) is 9.10. The highest BCUT2D eigenvalue weighted by atomic mass is 32.2. The number of aliphatic hydroxyl groups excluding tert-OH is 1. The van der Waals surface area contributed by atoms with Crippen molar-refractivity contribution < 1.29 is 13.5 Å². The first-order chi connectivity index (χ1) is 9.96. The summed E-state index contributed by atoms with van der Waals surface area (Å²) in [6, 6.07) is 16.1. The molecule has 0 aliphatic rings. The van der Waals surface area contributed by atoms with Crippen LogP contribution in [0.3, 0.4) is 0 Å². The number of hydrogen-bond donors (Lipinski definition) is 1. The summed E-state index contributed by atoms with van der Waals surface area (Å²) in [5.41, 5.74) is 2.01. The number of aliphatic hydroxyl groups is 1. The zero-order chi connectivity index (χ0) is 15.5. The van der Waals surface area contributed by atoms with Gasteiger partial charge < -0.3 is 5.11 Å². The van der Waals surface area contributed by atoms with Gasteiger partial charge in [0.2, 0.25) is 10.0 Å². The normalized spacial score (nSPS) is 13.3.